The number of allylic oxidation sites excluding steroid dienone is 6. The van der Waals surface area contributed by atoms with Gasteiger partial charge >= 0.3 is 11.9 Å². The Kier molecular flexibility index (Phi) is 8.70. The summed E-state index contributed by atoms with van der Waals surface area (Å²) in [5.74, 6) is 1.41. The number of aliphatic carboxylic acids is 1. The molecule has 3 heterocycles. The van der Waals surface area contributed by atoms with Gasteiger partial charge < -0.3 is 14.4 Å². The summed E-state index contributed by atoms with van der Waals surface area (Å²) in [5, 5.41) is 10.6. The lowest BCUT2D eigenvalue weighted by molar-refractivity contribution is -0.673. The van der Waals surface area contributed by atoms with Crippen molar-refractivity contribution in [2.45, 2.75) is 43.5 Å². The van der Waals surface area contributed by atoms with Crippen LogP contribution in [0.15, 0.2) is 140 Å². The summed E-state index contributed by atoms with van der Waals surface area (Å²) in [7, 11) is 0. The first-order valence-corrected chi connectivity index (χ1v) is 19.9. The first-order chi connectivity index (χ1) is 25.1. The van der Waals surface area contributed by atoms with Crippen LogP contribution in [0.4, 0.5) is 5.69 Å². The maximum Gasteiger partial charge on any atom is 0.374 e. The van der Waals surface area contributed by atoms with E-state index < -0.39 is 5.97 Å². The van der Waals surface area contributed by atoms with Crippen molar-refractivity contribution in [3.63, 3.8) is 0 Å². The molecule has 0 saturated heterocycles. The van der Waals surface area contributed by atoms with Gasteiger partial charge in [-0.05, 0) is 101 Å². The number of carboxylic acids is 1. The molecule has 2 aliphatic heterocycles. The number of hydrogen-bond donors (Lipinski definition) is 1. The minimum atomic E-state index is -0.784. The SMILES string of the molecule is O=C(O)CSCC[n+]1c(/C=C2/C=C3C=C(/C=C4\Sc5ccc(-c6ccccc6)c6c5N4CC6)CCC3CC2)oc2ccc(-c3ccccc3)cc21. The molecule has 1 aromatic heterocycles. The first-order valence-electron chi connectivity index (χ1n) is 17.9. The minimum Gasteiger partial charge on any atom is -0.481 e. The van der Waals surface area contributed by atoms with E-state index in [1.54, 1.807) is 0 Å². The van der Waals surface area contributed by atoms with Gasteiger partial charge in [-0.2, -0.15) is 4.57 Å². The summed E-state index contributed by atoms with van der Waals surface area (Å²) in [6.07, 6.45) is 15.0. The molecule has 5 nitrogen and oxygen atoms in total. The largest absolute Gasteiger partial charge is 0.481 e. The van der Waals surface area contributed by atoms with Gasteiger partial charge in [0.15, 0.2) is 6.54 Å². The van der Waals surface area contributed by atoms with Crippen molar-refractivity contribution in [2.75, 3.05) is 23.0 Å². The average molecular weight is 708 g/mol. The van der Waals surface area contributed by atoms with Crippen molar-refractivity contribution in [2.24, 2.45) is 5.92 Å². The second kappa shape index (κ2) is 13.8. The van der Waals surface area contributed by atoms with E-state index in [4.69, 9.17) is 4.42 Å². The Morgan fingerprint density at radius 1 is 0.902 bits per heavy atom. The third kappa shape index (κ3) is 6.38. The van der Waals surface area contributed by atoms with Crippen molar-refractivity contribution in [3.05, 3.63) is 142 Å². The lowest BCUT2D eigenvalue weighted by Gasteiger charge is -2.28. The number of nitrogens with zero attached hydrogens (tertiary/aromatic N) is 2. The number of aryl methyl sites for hydroxylation is 1. The molecule has 2 aliphatic carbocycles. The standard InChI is InChI=1S/C44H38N2O3S2/c47-43(48)28-50-22-21-45-38-27-34(31-7-3-1-4-8-31)15-17-39(38)49-41(45)25-29-11-13-32-14-12-30(24-35(32)23-29)26-42-46-20-19-37-36(33-9-5-2-6-10-33)16-18-40(51-42)44(37)46/h1-10,15-18,23-27,32H,11-14,19-22,28H2/p+1. The van der Waals surface area contributed by atoms with Crippen molar-refractivity contribution in [1.29, 1.82) is 0 Å². The second-order valence-corrected chi connectivity index (χ2v) is 15.9. The van der Waals surface area contributed by atoms with Crippen LogP contribution in [0.25, 0.3) is 39.4 Å². The summed E-state index contributed by atoms with van der Waals surface area (Å²) in [6, 6.07) is 32.2. The molecule has 1 unspecified atom stereocenters. The molecule has 0 saturated carbocycles. The van der Waals surface area contributed by atoms with E-state index in [0.717, 1.165) is 60.3 Å². The highest BCUT2D eigenvalue weighted by atomic mass is 32.2. The topological polar surface area (TPSA) is 57.6 Å². The van der Waals surface area contributed by atoms with Crippen LogP contribution < -0.4 is 9.47 Å². The zero-order valence-electron chi connectivity index (χ0n) is 28.4. The molecule has 4 aliphatic rings. The van der Waals surface area contributed by atoms with Crippen LogP contribution in [-0.4, -0.2) is 29.1 Å². The number of carboxylic acid groups (broad SMARTS) is 1. The molecule has 0 spiro atoms. The molecule has 9 rings (SSSR count). The van der Waals surface area contributed by atoms with Gasteiger partial charge in [-0.1, -0.05) is 96.7 Å². The van der Waals surface area contributed by atoms with Crippen LogP contribution in [0.3, 0.4) is 0 Å². The lowest BCUT2D eigenvalue weighted by atomic mass is 9.77. The van der Waals surface area contributed by atoms with Crippen LogP contribution >= 0.6 is 23.5 Å². The van der Waals surface area contributed by atoms with Gasteiger partial charge in [-0.3, -0.25) is 4.79 Å². The Labute approximate surface area is 307 Å². The third-order valence-corrected chi connectivity index (χ3v) is 12.6. The van der Waals surface area contributed by atoms with Gasteiger partial charge in [0.1, 0.15) is 0 Å². The van der Waals surface area contributed by atoms with E-state index in [1.165, 1.54) is 67.2 Å². The van der Waals surface area contributed by atoms with Crippen molar-refractivity contribution in [1.82, 2.24) is 0 Å². The Morgan fingerprint density at radius 2 is 1.71 bits per heavy atom. The number of thioether (sulfide) groups is 2. The molecule has 0 fully saturated rings. The van der Waals surface area contributed by atoms with Gasteiger partial charge in [0.2, 0.25) is 5.58 Å². The van der Waals surface area contributed by atoms with E-state index in [-0.39, 0.29) is 5.75 Å². The summed E-state index contributed by atoms with van der Waals surface area (Å²) in [5.41, 5.74) is 13.8. The van der Waals surface area contributed by atoms with Crippen molar-refractivity contribution >= 4 is 52.4 Å². The maximum atomic E-state index is 11.2. The molecule has 51 heavy (non-hydrogen) atoms. The molecule has 4 aromatic carbocycles. The summed E-state index contributed by atoms with van der Waals surface area (Å²) in [6.45, 7) is 1.71. The highest BCUT2D eigenvalue weighted by Crippen LogP contribution is 2.54. The highest BCUT2D eigenvalue weighted by molar-refractivity contribution is 8.03. The fraction of sp³-hybridized carbons (Fsp3) is 0.227. The number of hydrogen-bond acceptors (Lipinski definition) is 5. The van der Waals surface area contributed by atoms with Crippen LogP contribution in [-0.2, 0) is 17.8 Å². The van der Waals surface area contributed by atoms with Gasteiger partial charge in [-0.15, -0.1) is 11.8 Å². The van der Waals surface area contributed by atoms with E-state index >= 15 is 0 Å². The third-order valence-electron chi connectivity index (χ3n) is 10.5. The zero-order valence-corrected chi connectivity index (χ0v) is 30.0. The molecular formula is C44H39N2O3S2+. The first kappa shape index (κ1) is 32.2. The van der Waals surface area contributed by atoms with Crippen molar-refractivity contribution in [3.8, 4) is 22.3 Å². The van der Waals surface area contributed by atoms with Gasteiger partial charge in [0, 0.05) is 17.5 Å². The van der Waals surface area contributed by atoms with Gasteiger partial charge in [0.05, 0.1) is 28.3 Å². The molecule has 1 N–H and O–H groups in total. The zero-order chi connectivity index (χ0) is 34.3. The fourth-order valence-corrected chi connectivity index (χ4v) is 9.91. The Balaban J connectivity index is 1.01. The normalized spacial score (nSPS) is 19.4. The molecule has 1 atom stereocenters. The van der Waals surface area contributed by atoms with E-state index in [2.05, 4.69) is 119 Å². The average Bonchev–Trinajstić information content (AvgIpc) is 3.86. The van der Waals surface area contributed by atoms with E-state index in [1.807, 2.05) is 17.8 Å². The quantitative estimate of drug-likeness (QED) is 0.122. The number of fused-ring (bicyclic) bond motifs is 2. The lowest BCUT2D eigenvalue weighted by Crippen LogP contribution is -2.36. The number of rotatable bonds is 9. The van der Waals surface area contributed by atoms with E-state index in [0.29, 0.717) is 18.2 Å². The van der Waals surface area contributed by atoms with Crippen LogP contribution in [0.2, 0.25) is 0 Å². The predicted octanol–water partition coefficient (Wildman–Crippen LogP) is 10.3. The predicted molar refractivity (Wildman–Crippen MR) is 210 cm³/mol. The molecular weight excluding hydrogens is 669 g/mol. The Morgan fingerprint density at radius 3 is 2.53 bits per heavy atom. The van der Waals surface area contributed by atoms with Crippen LogP contribution in [0.1, 0.15) is 37.1 Å². The number of aromatic nitrogens is 1. The van der Waals surface area contributed by atoms with Gasteiger partial charge in [-0.25, -0.2) is 0 Å². The monoisotopic (exact) mass is 707 g/mol. The number of benzene rings is 4. The number of oxazole rings is 1. The Hall–Kier alpha value is -4.72. The second-order valence-electron chi connectivity index (χ2n) is 13.7. The summed E-state index contributed by atoms with van der Waals surface area (Å²) in [4.78, 5) is 15.1. The molecule has 0 bridgehead atoms. The molecule has 0 amide bonds. The number of carbonyl (C=O) groups is 1. The van der Waals surface area contributed by atoms with Crippen LogP contribution in [0.5, 0.6) is 0 Å². The summed E-state index contributed by atoms with van der Waals surface area (Å²) < 4.78 is 8.74. The van der Waals surface area contributed by atoms with E-state index in [9.17, 15) is 9.90 Å². The van der Waals surface area contributed by atoms with Gasteiger partial charge in [0.25, 0.3) is 5.52 Å². The van der Waals surface area contributed by atoms with Crippen molar-refractivity contribution < 1.29 is 18.9 Å². The molecule has 7 heteroatoms. The van der Waals surface area contributed by atoms with Crippen LogP contribution in [0, 0.1) is 5.92 Å². The highest BCUT2D eigenvalue weighted by Gasteiger charge is 2.34. The maximum absolute atomic E-state index is 11.2. The minimum absolute atomic E-state index is 0.0958. The molecule has 254 valence electrons. The summed E-state index contributed by atoms with van der Waals surface area (Å²) >= 11 is 3.36. The Bertz CT molecular complexity index is 2280. The fourth-order valence-electron chi connectivity index (χ4n) is 8.08. The molecule has 0 radical (unpaired) electrons. The smallest absolute Gasteiger partial charge is 0.374 e. The molecule has 5 aromatic rings. The number of anilines is 1.